The van der Waals surface area contributed by atoms with E-state index in [9.17, 15) is 4.79 Å². The van der Waals surface area contributed by atoms with Crippen molar-refractivity contribution in [2.45, 2.75) is 32.6 Å². The van der Waals surface area contributed by atoms with Gasteiger partial charge in [-0.3, -0.25) is 4.79 Å². The lowest BCUT2D eigenvalue weighted by Crippen LogP contribution is -2.34. The van der Waals surface area contributed by atoms with Gasteiger partial charge in [-0.25, -0.2) is 0 Å². The topological polar surface area (TPSA) is 41.6 Å². The zero-order valence-electron chi connectivity index (χ0n) is 13.5. The van der Waals surface area contributed by atoms with Gasteiger partial charge in [0.1, 0.15) is 5.75 Å². The molecule has 0 radical (unpaired) electrons. The van der Waals surface area contributed by atoms with Crippen LogP contribution in [0.25, 0.3) is 0 Å². The minimum atomic E-state index is 0. The lowest BCUT2D eigenvalue weighted by Gasteiger charge is -2.20. The second-order valence-corrected chi connectivity index (χ2v) is 5.81. The molecule has 0 saturated carbocycles. The fourth-order valence-electron chi connectivity index (χ4n) is 2.46. The minimum Gasteiger partial charge on any atom is -0.493 e. The number of carbonyl (C=O) groups is 1. The van der Waals surface area contributed by atoms with Gasteiger partial charge in [-0.1, -0.05) is 26.0 Å². The molecular formula is C17H27ClN2O2. The third kappa shape index (κ3) is 5.85. The van der Waals surface area contributed by atoms with Crippen LogP contribution in [0.1, 0.15) is 38.2 Å². The Morgan fingerprint density at radius 1 is 1.23 bits per heavy atom. The molecule has 2 rings (SSSR count). The highest BCUT2D eigenvalue weighted by molar-refractivity contribution is 5.85. The Morgan fingerprint density at radius 3 is 2.64 bits per heavy atom. The lowest BCUT2D eigenvalue weighted by atomic mass is 10.0. The number of hydrogen-bond acceptors (Lipinski definition) is 3. The van der Waals surface area contributed by atoms with Gasteiger partial charge in [0.15, 0.2) is 0 Å². The summed E-state index contributed by atoms with van der Waals surface area (Å²) in [6, 6.07) is 8.13. The van der Waals surface area contributed by atoms with Crippen LogP contribution in [-0.2, 0) is 4.79 Å². The first kappa shape index (κ1) is 18.8. The number of halogens is 1. The van der Waals surface area contributed by atoms with E-state index in [4.69, 9.17) is 4.74 Å². The Hall–Kier alpha value is -1.26. The molecule has 0 atom stereocenters. The monoisotopic (exact) mass is 326 g/mol. The summed E-state index contributed by atoms with van der Waals surface area (Å²) in [7, 11) is 0. The summed E-state index contributed by atoms with van der Waals surface area (Å²) in [5.41, 5.74) is 1.30. The van der Waals surface area contributed by atoms with Crippen molar-refractivity contribution < 1.29 is 9.53 Å². The lowest BCUT2D eigenvalue weighted by molar-refractivity contribution is -0.131. The molecule has 4 nitrogen and oxygen atoms in total. The van der Waals surface area contributed by atoms with E-state index < -0.39 is 0 Å². The zero-order chi connectivity index (χ0) is 15.1. The van der Waals surface area contributed by atoms with Crippen molar-refractivity contribution in [2.75, 3.05) is 32.8 Å². The van der Waals surface area contributed by atoms with Crippen LogP contribution in [0.2, 0.25) is 0 Å². The molecule has 1 aliphatic rings. The van der Waals surface area contributed by atoms with E-state index in [0.717, 1.165) is 38.3 Å². The molecule has 0 spiro atoms. The Morgan fingerprint density at radius 2 is 1.95 bits per heavy atom. The van der Waals surface area contributed by atoms with Crippen molar-refractivity contribution in [1.82, 2.24) is 10.2 Å². The summed E-state index contributed by atoms with van der Waals surface area (Å²) in [5.74, 6) is 1.56. The van der Waals surface area contributed by atoms with Crippen LogP contribution in [0.5, 0.6) is 5.75 Å². The largest absolute Gasteiger partial charge is 0.493 e. The van der Waals surface area contributed by atoms with Crippen molar-refractivity contribution in [2.24, 2.45) is 0 Å². The summed E-state index contributed by atoms with van der Waals surface area (Å²) in [6.07, 6.45) is 1.48. The smallest absolute Gasteiger partial charge is 0.226 e. The van der Waals surface area contributed by atoms with Gasteiger partial charge in [0.2, 0.25) is 5.91 Å². The van der Waals surface area contributed by atoms with E-state index in [2.05, 4.69) is 31.3 Å². The fraction of sp³-hybridized carbons (Fsp3) is 0.588. The van der Waals surface area contributed by atoms with Crippen LogP contribution >= 0.6 is 12.4 Å². The third-order valence-corrected chi connectivity index (χ3v) is 3.82. The van der Waals surface area contributed by atoms with Gasteiger partial charge in [-0.15, -0.1) is 12.4 Å². The van der Waals surface area contributed by atoms with E-state index in [1.807, 2.05) is 17.0 Å². The number of amides is 1. The van der Waals surface area contributed by atoms with Gasteiger partial charge < -0.3 is 15.0 Å². The molecule has 1 N–H and O–H groups in total. The van der Waals surface area contributed by atoms with Crippen molar-refractivity contribution in [3.8, 4) is 5.75 Å². The van der Waals surface area contributed by atoms with Crippen molar-refractivity contribution >= 4 is 18.3 Å². The molecule has 1 saturated heterocycles. The SMILES string of the molecule is CC(C)c1ccc(OCCC(=O)N2CCCNCC2)cc1.Cl. The van der Waals surface area contributed by atoms with Gasteiger partial charge in [0.05, 0.1) is 13.0 Å². The average Bonchev–Trinajstić information content (AvgIpc) is 2.77. The van der Waals surface area contributed by atoms with Crippen molar-refractivity contribution in [3.05, 3.63) is 29.8 Å². The minimum absolute atomic E-state index is 0. The van der Waals surface area contributed by atoms with E-state index in [1.54, 1.807) is 0 Å². The first-order valence-electron chi connectivity index (χ1n) is 7.88. The maximum Gasteiger partial charge on any atom is 0.226 e. The first-order valence-corrected chi connectivity index (χ1v) is 7.88. The quantitative estimate of drug-likeness (QED) is 0.904. The Labute approximate surface area is 139 Å². The summed E-state index contributed by atoms with van der Waals surface area (Å²) in [4.78, 5) is 14.0. The summed E-state index contributed by atoms with van der Waals surface area (Å²) < 4.78 is 5.67. The predicted molar refractivity (Wildman–Crippen MR) is 92.0 cm³/mol. The third-order valence-electron chi connectivity index (χ3n) is 3.82. The summed E-state index contributed by atoms with van der Waals surface area (Å²) >= 11 is 0. The molecule has 22 heavy (non-hydrogen) atoms. The summed E-state index contributed by atoms with van der Waals surface area (Å²) in [6.45, 7) is 8.35. The number of nitrogens with zero attached hydrogens (tertiary/aromatic N) is 1. The Balaban J connectivity index is 0.00000242. The highest BCUT2D eigenvalue weighted by Crippen LogP contribution is 2.18. The van der Waals surface area contributed by atoms with Crippen LogP contribution in [0, 0.1) is 0 Å². The molecule has 0 bridgehead atoms. The van der Waals surface area contributed by atoms with Crippen molar-refractivity contribution in [1.29, 1.82) is 0 Å². The van der Waals surface area contributed by atoms with Gasteiger partial charge in [-0.05, 0) is 36.6 Å². The number of hydrogen-bond donors (Lipinski definition) is 1. The highest BCUT2D eigenvalue weighted by Gasteiger charge is 2.14. The molecule has 0 unspecified atom stereocenters. The molecule has 124 valence electrons. The van der Waals surface area contributed by atoms with Crippen LogP contribution in [0.3, 0.4) is 0 Å². The summed E-state index contributed by atoms with van der Waals surface area (Å²) in [5, 5.41) is 3.30. The molecule has 0 aliphatic carbocycles. The normalized spacial score (nSPS) is 15.1. The van der Waals surface area contributed by atoms with Gasteiger partial charge in [-0.2, -0.15) is 0 Å². The zero-order valence-corrected chi connectivity index (χ0v) is 14.3. The maximum absolute atomic E-state index is 12.1. The number of rotatable bonds is 5. The number of carbonyl (C=O) groups excluding carboxylic acids is 1. The maximum atomic E-state index is 12.1. The second kappa shape index (κ2) is 9.70. The van der Waals surface area contributed by atoms with E-state index in [0.29, 0.717) is 18.9 Å². The molecule has 1 aromatic rings. The number of nitrogens with one attached hydrogen (secondary N) is 1. The van der Waals surface area contributed by atoms with E-state index in [-0.39, 0.29) is 18.3 Å². The number of benzene rings is 1. The first-order chi connectivity index (χ1) is 10.2. The molecule has 1 fully saturated rings. The second-order valence-electron chi connectivity index (χ2n) is 5.81. The van der Waals surface area contributed by atoms with Crippen molar-refractivity contribution in [3.63, 3.8) is 0 Å². The molecule has 1 amide bonds. The molecular weight excluding hydrogens is 300 g/mol. The molecule has 1 aliphatic heterocycles. The molecule has 1 heterocycles. The highest BCUT2D eigenvalue weighted by atomic mass is 35.5. The van der Waals surface area contributed by atoms with Crippen LogP contribution in [0.15, 0.2) is 24.3 Å². The Bertz CT molecular complexity index is 440. The average molecular weight is 327 g/mol. The fourth-order valence-corrected chi connectivity index (χ4v) is 2.46. The van der Waals surface area contributed by atoms with Gasteiger partial charge in [0.25, 0.3) is 0 Å². The Kier molecular flexibility index (Phi) is 8.28. The van der Waals surface area contributed by atoms with Gasteiger partial charge >= 0.3 is 0 Å². The number of ether oxygens (including phenoxy) is 1. The predicted octanol–water partition coefficient (Wildman–Crippen LogP) is 2.82. The molecule has 1 aromatic carbocycles. The van der Waals surface area contributed by atoms with Crippen LogP contribution in [0.4, 0.5) is 0 Å². The molecule has 5 heteroatoms. The van der Waals surface area contributed by atoms with Crippen LogP contribution < -0.4 is 10.1 Å². The van der Waals surface area contributed by atoms with Gasteiger partial charge in [0, 0.05) is 19.6 Å². The molecule has 0 aromatic heterocycles. The van der Waals surface area contributed by atoms with E-state index >= 15 is 0 Å². The van der Waals surface area contributed by atoms with Crippen LogP contribution in [-0.4, -0.2) is 43.6 Å². The standard InChI is InChI=1S/C17H26N2O2.ClH/c1-14(2)15-4-6-16(7-5-15)21-13-8-17(20)19-11-3-9-18-10-12-19;/h4-7,14,18H,3,8-13H2,1-2H3;1H. The van der Waals surface area contributed by atoms with E-state index in [1.165, 1.54) is 5.56 Å².